The van der Waals surface area contributed by atoms with Crippen LogP contribution in [0.15, 0.2) is 53.5 Å². The van der Waals surface area contributed by atoms with Crippen LogP contribution < -0.4 is 11.5 Å². The van der Waals surface area contributed by atoms with Crippen LogP contribution in [0.1, 0.15) is 34.2 Å². The summed E-state index contributed by atoms with van der Waals surface area (Å²) in [5.41, 5.74) is 17.6. The molecule has 24 heavy (non-hydrogen) atoms. The van der Waals surface area contributed by atoms with Crippen molar-refractivity contribution < 1.29 is 4.79 Å². The molecule has 2 aromatic rings. The fraction of sp³-hybridized carbons (Fsp3) is 0.300. The predicted molar refractivity (Wildman–Crippen MR) is 97.3 cm³/mol. The summed E-state index contributed by atoms with van der Waals surface area (Å²) in [6, 6.07) is 15.1. The first-order valence-electron chi connectivity index (χ1n) is 8.18. The van der Waals surface area contributed by atoms with Gasteiger partial charge >= 0.3 is 0 Å². The molecule has 1 heterocycles. The molecule has 124 valence electrons. The van der Waals surface area contributed by atoms with Crippen LogP contribution in [0.25, 0.3) is 0 Å². The highest BCUT2D eigenvalue weighted by atomic mass is 16.1. The molecule has 4 atom stereocenters. The second-order valence-electron chi connectivity index (χ2n) is 6.57. The molecule has 0 aliphatic carbocycles. The van der Waals surface area contributed by atoms with E-state index < -0.39 is 0 Å². The molecule has 3 rings (SSSR count). The third-order valence-electron chi connectivity index (χ3n) is 4.78. The summed E-state index contributed by atoms with van der Waals surface area (Å²) in [7, 11) is 0. The molecule has 1 aliphatic heterocycles. The number of hydrogen-bond donors (Lipinski definition) is 2. The van der Waals surface area contributed by atoms with Gasteiger partial charge in [-0.25, -0.2) is 0 Å². The predicted octanol–water partition coefficient (Wildman–Crippen LogP) is 2.44. The highest BCUT2D eigenvalue weighted by Gasteiger charge is 2.38. The van der Waals surface area contributed by atoms with Crippen molar-refractivity contribution in [3.63, 3.8) is 0 Å². The highest BCUT2D eigenvalue weighted by Crippen LogP contribution is 2.34. The monoisotopic (exact) mass is 321 g/mol. The number of aryl methyl sites for hydroxylation is 2. The second-order valence-corrected chi connectivity index (χ2v) is 6.57. The molecule has 0 spiro atoms. The zero-order chi connectivity index (χ0) is 17.3. The molecule has 4 nitrogen and oxygen atoms in total. The van der Waals surface area contributed by atoms with Crippen LogP contribution in [0.3, 0.4) is 0 Å². The number of benzene rings is 2. The molecule has 0 saturated carbocycles. The summed E-state index contributed by atoms with van der Waals surface area (Å²) >= 11 is 0. The Labute approximate surface area is 142 Å². The Morgan fingerprint density at radius 1 is 0.833 bits per heavy atom. The number of rotatable bonds is 3. The molecule has 0 radical (unpaired) electrons. The number of nitrogens with zero attached hydrogens (tertiary/aromatic N) is 1. The minimum atomic E-state index is -0.364. The van der Waals surface area contributed by atoms with Gasteiger partial charge in [0, 0.05) is 18.0 Å². The van der Waals surface area contributed by atoms with Crippen molar-refractivity contribution in [1.29, 1.82) is 0 Å². The minimum Gasteiger partial charge on any atom is -0.325 e. The lowest BCUT2D eigenvalue weighted by molar-refractivity contribution is -0.103. The van der Waals surface area contributed by atoms with E-state index in [-0.39, 0.29) is 24.0 Å². The van der Waals surface area contributed by atoms with Crippen LogP contribution in [-0.4, -0.2) is 24.1 Å². The summed E-state index contributed by atoms with van der Waals surface area (Å²) < 4.78 is 0. The van der Waals surface area contributed by atoms with Gasteiger partial charge in [0.2, 0.25) is 0 Å². The van der Waals surface area contributed by atoms with E-state index in [4.69, 9.17) is 11.5 Å². The SMILES string of the molecule is Cc1ccc(C2N=C(C=O)C(c3ccc(C)cc3)C(N)C2N)cc1. The molecule has 4 N–H and O–H groups in total. The first-order valence-corrected chi connectivity index (χ1v) is 8.18. The average Bonchev–Trinajstić information content (AvgIpc) is 2.59. The van der Waals surface area contributed by atoms with Crippen molar-refractivity contribution in [3.05, 3.63) is 70.8 Å². The van der Waals surface area contributed by atoms with Gasteiger partial charge in [0.25, 0.3) is 0 Å². The zero-order valence-electron chi connectivity index (χ0n) is 14.0. The van der Waals surface area contributed by atoms with Gasteiger partial charge in [0.05, 0.1) is 11.8 Å². The van der Waals surface area contributed by atoms with Crippen molar-refractivity contribution >= 4 is 12.0 Å². The second kappa shape index (κ2) is 6.67. The van der Waals surface area contributed by atoms with Crippen molar-refractivity contribution in [2.45, 2.75) is 37.9 Å². The van der Waals surface area contributed by atoms with E-state index in [0.29, 0.717) is 5.71 Å². The lowest BCUT2D eigenvalue weighted by Gasteiger charge is -2.37. The molecular weight excluding hydrogens is 298 g/mol. The number of nitrogens with two attached hydrogens (primary N) is 2. The molecule has 2 aromatic carbocycles. The molecule has 0 fully saturated rings. The lowest BCUT2D eigenvalue weighted by atomic mass is 9.78. The molecular formula is C20H23N3O. The molecule has 0 amide bonds. The maximum absolute atomic E-state index is 11.7. The Morgan fingerprint density at radius 2 is 1.33 bits per heavy atom. The largest absolute Gasteiger partial charge is 0.325 e. The van der Waals surface area contributed by atoms with Crippen molar-refractivity contribution in [2.75, 3.05) is 0 Å². The van der Waals surface area contributed by atoms with Crippen LogP contribution in [0.2, 0.25) is 0 Å². The number of hydrogen-bond acceptors (Lipinski definition) is 4. The smallest absolute Gasteiger partial charge is 0.164 e. The summed E-state index contributed by atoms with van der Waals surface area (Å²) in [4.78, 5) is 16.3. The number of carbonyl (C=O) groups is 1. The average molecular weight is 321 g/mol. The number of carbonyl (C=O) groups excluding carboxylic acids is 1. The van der Waals surface area contributed by atoms with E-state index in [1.165, 1.54) is 5.56 Å². The van der Waals surface area contributed by atoms with Gasteiger partial charge in [0.1, 0.15) is 0 Å². The maximum atomic E-state index is 11.7. The fourth-order valence-electron chi connectivity index (χ4n) is 3.29. The standard InChI is InChI=1S/C20H23N3O/c1-12-3-7-14(8-4-12)17-16(11-24)23-20(19(22)18(17)21)15-9-5-13(2)6-10-15/h3-11,17-20H,21-22H2,1-2H3. The highest BCUT2D eigenvalue weighted by molar-refractivity contribution is 6.31. The zero-order valence-corrected chi connectivity index (χ0v) is 14.0. The molecule has 0 bridgehead atoms. The van der Waals surface area contributed by atoms with Crippen molar-refractivity contribution in [2.24, 2.45) is 16.5 Å². The van der Waals surface area contributed by atoms with Crippen LogP contribution in [-0.2, 0) is 4.79 Å². The van der Waals surface area contributed by atoms with Crippen LogP contribution in [0.5, 0.6) is 0 Å². The Kier molecular flexibility index (Phi) is 4.60. The van der Waals surface area contributed by atoms with Gasteiger partial charge in [-0.05, 0) is 25.0 Å². The normalized spacial score (nSPS) is 26.8. The Hall–Kier alpha value is -2.30. The van der Waals surface area contributed by atoms with Gasteiger partial charge in [-0.2, -0.15) is 0 Å². The first kappa shape index (κ1) is 16.6. The quantitative estimate of drug-likeness (QED) is 0.852. The minimum absolute atomic E-state index is 0.264. The van der Waals surface area contributed by atoms with Gasteiger partial charge in [-0.1, -0.05) is 59.7 Å². The van der Waals surface area contributed by atoms with Gasteiger partial charge in [-0.15, -0.1) is 0 Å². The maximum Gasteiger partial charge on any atom is 0.164 e. The van der Waals surface area contributed by atoms with E-state index in [2.05, 4.69) is 4.99 Å². The van der Waals surface area contributed by atoms with E-state index in [0.717, 1.165) is 23.0 Å². The molecule has 0 saturated heterocycles. The number of aliphatic imine (C=N–C) groups is 1. The Bertz CT molecular complexity index is 749. The fourth-order valence-corrected chi connectivity index (χ4v) is 3.29. The number of aldehydes is 1. The summed E-state index contributed by atoms with van der Waals surface area (Å²) in [6.45, 7) is 4.06. The van der Waals surface area contributed by atoms with Gasteiger partial charge in [-0.3, -0.25) is 9.79 Å². The van der Waals surface area contributed by atoms with Crippen LogP contribution in [0, 0.1) is 13.8 Å². The van der Waals surface area contributed by atoms with E-state index >= 15 is 0 Å². The van der Waals surface area contributed by atoms with Crippen LogP contribution >= 0.6 is 0 Å². The summed E-state index contributed by atoms with van der Waals surface area (Å²) in [5.74, 6) is -0.264. The van der Waals surface area contributed by atoms with Gasteiger partial charge in [0.15, 0.2) is 6.29 Å². The first-order chi connectivity index (χ1) is 11.5. The topological polar surface area (TPSA) is 81.5 Å². The van der Waals surface area contributed by atoms with E-state index in [1.807, 2.05) is 62.4 Å². The molecule has 1 aliphatic rings. The van der Waals surface area contributed by atoms with E-state index in [1.54, 1.807) is 0 Å². The molecule has 0 aromatic heterocycles. The van der Waals surface area contributed by atoms with Crippen molar-refractivity contribution in [3.8, 4) is 0 Å². The molecule has 4 unspecified atom stereocenters. The van der Waals surface area contributed by atoms with Gasteiger partial charge < -0.3 is 11.5 Å². The van der Waals surface area contributed by atoms with Crippen molar-refractivity contribution in [1.82, 2.24) is 0 Å². The van der Waals surface area contributed by atoms with E-state index in [9.17, 15) is 4.79 Å². The summed E-state index contributed by atoms with van der Waals surface area (Å²) in [6.07, 6.45) is 0.817. The third kappa shape index (κ3) is 3.03. The lowest BCUT2D eigenvalue weighted by Crippen LogP contribution is -2.53. The van der Waals surface area contributed by atoms with Crippen LogP contribution in [0.4, 0.5) is 0 Å². The third-order valence-corrected chi connectivity index (χ3v) is 4.78. The Morgan fingerprint density at radius 3 is 1.83 bits per heavy atom. The summed E-state index contributed by atoms with van der Waals surface area (Å²) in [5, 5.41) is 0. The molecule has 4 heteroatoms. The Balaban J connectivity index is 2.02.